The molecule has 2 aromatic carbocycles. The van der Waals surface area contributed by atoms with Crippen molar-refractivity contribution in [3.63, 3.8) is 0 Å². The molecule has 0 aliphatic rings. The Morgan fingerprint density at radius 1 is 1.21 bits per heavy atom. The molecule has 0 aromatic heterocycles. The molecule has 6 nitrogen and oxygen atoms in total. The molecule has 3 N–H and O–H groups in total. The van der Waals surface area contributed by atoms with Crippen molar-refractivity contribution in [2.24, 2.45) is 4.99 Å². The maximum absolute atomic E-state index is 12.6. The number of hydrogen-bond acceptors (Lipinski definition) is 3. The van der Waals surface area contributed by atoms with Gasteiger partial charge in [0.25, 0.3) is 5.91 Å². The summed E-state index contributed by atoms with van der Waals surface area (Å²) >= 11 is 5.95. The van der Waals surface area contributed by atoms with Gasteiger partial charge < -0.3 is 20.7 Å². The normalized spacial score (nSPS) is 11.3. The van der Waals surface area contributed by atoms with Crippen molar-refractivity contribution in [1.29, 1.82) is 0 Å². The summed E-state index contributed by atoms with van der Waals surface area (Å²) in [6.07, 6.45) is 0.669. The summed E-state index contributed by atoms with van der Waals surface area (Å²) in [6, 6.07) is 11.8. The second-order valence-corrected chi connectivity index (χ2v) is 6.45. The summed E-state index contributed by atoms with van der Waals surface area (Å²) in [6.45, 7) is -2.15. The lowest BCUT2D eigenvalue weighted by molar-refractivity contribution is -0.0504. The number of carbonyl (C=O) groups is 1. The van der Waals surface area contributed by atoms with Gasteiger partial charge in [0.15, 0.2) is 5.96 Å². The summed E-state index contributed by atoms with van der Waals surface area (Å²) in [5.41, 5.74) is 2.08. The van der Waals surface area contributed by atoms with Crippen LogP contribution in [0.15, 0.2) is 47.5 Å². The number of nitrogens with zero attached hydrogens (tertiary/aromatic N) is 1. The van der Waals surface area contributed by atoms with Gasteiger partial charge in [-0.3, -0.25) is 9.79 Å². The lowest BCUT2D eigenvalue weighted by Crippen LogP contribution is -2.38. The standard InChI is InChI=1S/C20H23ClF2N4O2/c1-24-18(28)14-5-3-4-13(10-14)8-9-26-20(25-2)27-12-15-11-16(21)6-7-17(15)29-19(22)23/h3-7,10-11,19H,8-9,12H2,1-2H3,(H,24,28)(H2,25,26,27). The van der Waals surface area contributed by atoms with Gasteiger partial charge in [-0.1, -0.05) is 23.7 Å². The fraction of sp³-hybridized carbons (Fsp3) is 0.300. The number of hydrogen-bond donors (Lipinski definition) is 3. The van der Waals surface area contributed by atoms with Crippen LogP contribution in [0.2, 0.25) is 5.02 Å². The quantitative estimate of drug-likeness (QED) is 0.449. The molecule has 0 aliphatic heterocycles. The Balaban J connectivity index is 1.91. The van der Waals surface area contributed by atoms with Crippen LogP contribution in [0, 0.1) is 0 Å². The molecular weight excluding hydrogens is 402 g/mol. The van der Waals surface area contributed by atoms with E-state index in [-0.39, 0.29) is 18.2 Å². The second-order valence-electron chi connectivity index (χ2n) is 6.01. The SMILES string of the molecule is CN=C(NCCc1cccc(C(=O)NC)c1)NCc1cc(Cl)ccc1OC(F)F. The Bertz CT molecular complexity index is 862. The Labute approximate surface area is 173 Å². The lowest BCUT2D eigenvalue weighted by atomic mass is 10.1. The van der Waals surface area contributed by atoms with Crippen LogP contribution in [-0.2, 0) is 13.0 Å². The monoisotopic (exact) mass is 424 g/mol. The highest BCUT2D eigenvalue weighted by Crippen LogP contribution is 2.24. The van der Waals surface area contributed by atoms with E-state index in [2.05, 4.69) is 25.7 Å². The van der Waals surface area contributed by atoms with Crippen molar-refractivity contribution in [2.75, 3.05) is 20.6 Å². The van der Waals surface area contributed by atoms with Crippen LogP contribution in [0.1, 0.15) is 21.5 Å². The van der Waals surface area contributed by atoms with Crippen LogP contribution in [0.5, 0.6) is 5.75 Å². The van der Waals surface area contributed by atoms with Crippen molar-refractivity contribution in [3.8, 4) is 5.75 Å². The van der Waals surface area contributed by atoms with E-state index in [0.29, 0.717) is 35.1 Å². The van der Waals surface area contributed by atoms with Gasteiger partial charge in [-0.05, 0) is 42.3 Å². The molecular formula is C20H23ClF2N4O2. The van der Waals surface area contributed by atoms with Crippen molar-refractivity contribution < 1.29 is 18.3 Å². The Morgan fingerprint density at radius 2 is 2.00 bits per heavy atom. The number of benzene rings is 2. The minimum absolute atomic E-state index is 0.0540. The summed E-state index contributed by atoms with van der Waals surface area (Å²) < 4.78 is 29.6. The highest BCUT2D eigenvalue weighted by atomic mass is 35.5. The zero-order valence-corrected chi connectivity index (χ0v) is 16.9. The molecule has 0 spiro atoms. The first-order valence-corrected chi connectivity index (χ1v) is 9.29. The van der Waals surface area contributed by atoms with Crippen molar-refractivity contribution in [3.05, 3.63) is 64.2 Å². The number of rotatable bonds is 8. The minimum Gasteiger partial charge on any atom is -0.434 e. The van der Waals surface area contributed by atoms with Crippen LogP contribution in [0.4, 0.5) is 8.78 Å². The average molecular weight is 425 g/mol. The Hall–Kier alpha value is -2.87. The fourth-order valence-electron chi connectivity index (χ4n) is 2.63. The van der Waals surface area contributed by atoms with Crippen LogP contribution in [0.3, 0.4) is 0 Å². The zero-order valence-electron chi connectivity index (χ0n) is 16.1. The Morgan fingerprint density at radius 3 is 2.69 bits per heavy atom. The van der Waals surface area contributed by atoms with E-state index in [1.165, 1.54) is 12.1 Å². The van der Waals surface area contributed by atoms with Crippen molar-refractivity contribution >= 4 is 23.5 Å². The van der Waals surface area contributed by atoms with E-state index in [1.807, 2.05) is 18.2 Å². The fourth-order valence-corrected chi connectivity index (χ4v) is 2.83. The summed E-state index contributed by atoms with van der Waals surface area (Å²) in [7, 11) is 3.19. The van der Waals surface area contributed by atoms with E-state index in [4.69, 9.17) is 11.6 Å². The smallest absolute Gasteiger partial charge is 0.387 e. The summed E-state index contributed by atoms with van der Waals surface area (Å²) in [5, 5.41) is 9.20. The predicted octanol–water partition coefficient (Wildman–Crippen LogP) is 3.21. The number of guanidine groups is 1. The molecule has 2 rings (SSSR count). The third-order valence-corrected chi connectivity index (χ3v) is 4.27. The van der Waals surface area contributed by atoms with Crippen LogP contribution in [-0.4, -0.2) is 39.1 Å². The first-order valence-electron chi connectivity index (χ1n) is 8.91. The molecule has 0 atom stereocenters. The molecule has 0 radical (unpaired) electrons. The number of nitrogens with one attached hydrogen (secondary N) is 3. The highest BCUT2D eigenvalue weighted by Gasteiger charge is 2.11. The van der Waals surface area contributed by atoms with Gasteiger partial charge >= 0.3 is 6.61 Å². The summed E-state index contributed by atoms with van der Waals surface area (Å²) in [5.74, 6) is 0.412. The molecule has 9 heteroatoms. The van der Waals surface area contributed by atoms with Gasteiger partial charge in [0.1, 0.15) is 5.75 Å². The number of alkyl halides is 2. The van der Waals surface area contributed by atoms with Crippen molar-refractivity contribution in [1.82, 2.24) is 16.0 Å². The Kier molecular flexibility index (Phi) is 8.67. The van der Waals surface area contributed by atoms with E-state index in [1.54, 1.807) is 26.2 Å². The maximum Gasteiger partial charge on any atom is 0.387 e. The van der Waals surface area contributed by atoms with Gasteiger partial charge in [0, 0.05) is 43.3 Å². The molecule has 0 saturated carbocycles. The third-order valence-electron chi connectivity index (χ3n) is 4.03. The molecule has 0 heterocycles. The molecule has 0 fully saturated rings. The van der Waals surface area contributed by atoms with Crippen LogP contribution < -0.4 is 20.7 Å². The van der Waals surface area contributed by atoms with E-state index in [9.17, 15) is 13.6 Å². The maximum atomic E-state index is 12.6. The molecule has 29 heavy (non-hydrogen) atoms. The lowest BCUT2D eigenvalue weighted by Gasteiger charge is -2.15. The third kappa shape index (κ3) is 7.23. The van der Waals surface area contributed by atoms with E-state index < -0.39 is 6.61 Å². The van der Waals surface area contributed by atoms with Crippen molar-refractivity contribution in [2.45, 2.75) is 19.6 Å². The molecule has 0 aliphatic carbocycles. The first-order chi connectivity index (χ1) is 13.9. The van der Waals surface area contributed by atoms with Gasteiger partial charge in [-0.15, -0.1) is 0 Å². The predicted molar refractivity (Wildman–Crippen MR) is 110 cm³/mol. The number of ether oxygens (including phenoxy) is 1. The number of amides is 1. The largest absolute Gasteiger partial charge is 0.434 e. The van der Waals surface area contributed by atoms with Crippen LogP contribution in [0.25, 0.3) is 0 Å². The van der Waals surface area contributed by atoms with Gasteiger partial charge in [0.2, 0.25) is 0 Å². The van der Waals surface area contributed by atoms with Gasteiger partial charge in [-0.2, -0.15) is 8.78 Å². The number of halogens is 3. The zero-order chi connectivity index (χ0) is 21.2. The highest BCUT2D eigenvalue weighted by molar-refractivity contribution is 6.30. The van der Waals surface area contributed by atoms with Crippen LogP contribution >= 0.6 is 11.6 Å². The number of carbonyl (C=O) groups excluding carboxylic acids is 1. The summed E-state index contributed by atoms with van der Waals surface area (Å²) in [4.78, 5) is 15.8. The molecule has 2 aromatic rings. The van der Waals surface area contributed by atoms with Gasteiger partial charge in [0.05, 0.1) is 0 Å². The van der Waals surface area contributed by atoms with Gasteiger partial charge in [-0.25, -0.2) is 0 Å². The molecule has 0 unspecified atom stereocenters. The second kappa shape index (κ2) is 11.2. The topological polar surface area (TPSA) is 74.8 Å². The average Bonchev–Trinajstić information content (AvgIpc) is 2.71. The molecule has 1 amide bonds. The molecule has 0 saturated heterocycles. The van der Waals surface area contributed by atoms with E-state index >= 15 is 0 Å². The first kappa shape index (κ1) is 22.4. The molecule has 0 bridgehead atoms. The minimum atomic E-state index is -2.92. The molecule has 156 valence electrons. The van der Waals surface area contributed by atoms with E-state index in [0.717, 1.165) is 5.56 Å². The number of aliphatic imine (C=N–C) groups is 1.